The number of unbranched alkanes of at least 4 members (excludes halogenated alkanes) is 1. The molecule has 0 saturated carbocycles. The third-order valence-corrected chi connectivity index (χ3v) is 4.18. The fourth-order valence-corrected chi connectivity index (χ4v) is 2.81. The lowest BCUT2D eigenvalue weighted by Gasteiger charge is -2.09. The molecule has 1 aromatic heterocycles. The molecule has 0 radical (unpaired) electrons. The normalized spacial score (nSPS) is 10.8. The first-order chi connectivity index (χ1) is 12.3. The Hall–Kier alpha value is -2.75. The predicted molar refractivity (Wildman–Crippen MR) is 101 cm³/mol. The van der Waals surface area contributed by atoms with E-state index >= 15 is 0 Å². The molecule has 1 heterocycles. The van der Waals surface area contributed by atoms with Crippen LogP contribution < -0.4 is 10.1 Å². The molecule has 0 unspecified atom stereocenters. The molecule has 0 bridgehead atoms. The van der Waals surface area contributed by atoms with Crippen molar-refractivity contribution < 1.29 is 9.53 Å². The number of hydrogen-bond donors (Lipinski definition) is 1. The van der Waals surface area contributed by atoms with Crippen LogP contribution in [0.15, 0.2) is 60.8 Å². The number of hydrogen-bond acceptors (Lipinski definition) is 2. The molecule has 1 amide bonds. The molecule has 3 rings (SSSR count). The van der Waals surface area contributed by atoms with Crippen LogP contribution in [0.4, 0.5) is 0 Å². The zero-order chi connectivity index (χ0) is 17.5. The average molecular weight is 336 g/mol. The topological polar surface area (TPSA) is 43.3 Å². The minimum Gasteiger partial charge on any atom is -0.488 e. The van der Waals surface area contributed by atoms with Crippen molar-refractivity contribution >= 4 is 16.8 Å². The van der Waals surface area contributed by atoms with Gasteiger partial charge in [-0.25, -0.2) is 0 Å². The minimum absolute atomic E-state index is 0.0431. The fraction of sp³-hybridized carbons (Fsp3) is 0.286. The van der Waals surface area contributed by atoms with E-state index in [9.17, 15) is 4.79 Å². The van der Waals surface area contributed by atoms with Crippen LogP contribution in [-0.4, -0.2) is 17.0 Å². The van der Waals surface area contributed by atoms with Gasteiger partial charge in [0.1, 0.15) is 18.9 Å². The van der Waals surface area contributed by atoms with Crippen LogP contribution in [0.3, 0.4) is 0 Å². The average Bonchev–Trinajstić information content (AvgIpc) is 3.04. The molecular weight excluding hydrogens is 312 g/mol. The van der Waals surface area contributed by atoms with E-state index in [0.29, 0.717) is 13.2 Å². The van der Waals surface area contributed by atoms with Gasteiger partial charge < -0.3 is 14.6 Å². The standard InChI is InChI=1S/C21H24N2O2/c1-2-3-13-22-21(24)15-23-14-12-18-19(23)10-7-11-20(18)25-16-17-8-5-4-6-9-17/h4-12,14H,2-3,13,15-16H2,1H3,(H,22,24). The van der Waals surface area contributed by atoms with Crippen molar-refractivity contribution in [2.24, 2.45) is 0 Å². The number of aromatic nitrogens is 1. The van der Waals surface area contributed by atoms with Crippen molar-refractivity contribution in [1.82, 2.24) is 9.88 Å². The molecule has 4 nitrogen and oxygen atoms in total. The van der Waals surface area contributed by atoms with Gasteiger partial charge in [-0.1, -0.05) is 49.7 Å². The zero-order valence-corrected chi connectivity index (χ0v) is 14.6. The largest absolute Gasteiger partial charge is 0.488 e. The molecule has 2 aromatic carbocycles. The highest BCUT2D eigenvalue weighted by Crippen LogP contribution is 2.27. The highest BCUT2D eigenvalue weighted by atomic mass is 16.5. The van der Waals surface area contributed by atoms with Gasteiger partial charge in [0.2, 0.25) is 5.91 Å². The Morgan fingerprint density at radius 1 is 1.08 bits per heavy atom. The van der Waals surface area contributed by atoms with Crippen molar-refractivity contribution in [2.45, 2.75) is 32.9 Å². The summed E-state index contributed by atoms with van der Waals surface area (Å²) in [4.78, 5) is 12.1. The molecule has 0 aliphatic carbocycles. The number of benzene rings is 2. The molecule has 0 fully saturated rings. The van der Waals surface area contributed by atoms with Gasteiger partial charge in [-0.05, 0) is 30.2 Å². The number of rotatable bonds is 8. The third-order valence-electron chi connectivity index (χ3n) is 4.18. The highest BCUT2D eigenvalue weighted by molar-refractivity contribution is 5.88. The smallest absolute Gasteiger partial charge is 0.239 e. The lowest BCUT2D eigenvalue weighted by Crippen LogP contribution is -2.28. The van der Waals surface area contributed by atoms with E-state index in [4.69, 9.17) is 4.74 Å². The SMILES string of the molecule is CCCCNC(=O)Cn1ccc2c(OCc3ccccc3)cccc21. The second-order valence-electron chi connectivity index (χ2n) is 6.11. The van der Waals surface area contributed by atoms with E-state index in [1.165, 1.54) is 0 Å². The monoisotopic (exact) mass is 336 g/mol. The highest BCUT2D eigenvalue weighted by Gasteiger charge is 2.09. The zero-order valence-electron chi connectivity index (χ0n) is 14.6. The molecule has 0 spiro atoms. The van der Waals surface area contributed by atoms with Crippen LogP contribution >= 0.6 is 0 Å². The fourth-order valence-electron chi connectivity index (χ4n) is 2.81. The lowest BCUT2D eigenvalue weighted by molar-refractivity contribution is -0.121. The van der Waals surface area contributed by atoms with Crippen LogP contribution in [0.25, 0.3) is 10.9 Å². The first-order valence-electron chi connectivity index (χ1n) is 8.79. The molecule has 1 N–H and O–H groups in total. The molecular formula is C21H24N2O2. The minimum atomic E-state index is 0.0431. The number of fused-ring (bicyclic) bond motifs is 1. The van der Waals surface area contributed by atoms with Gasteiger partial charge in [-0.3, -0.25) is 4.79 Å². The Morgan fingerprint density at radius 3 is 2.72 bits per heavy atom. The van der Waals surface area contributed by atoms with Crippen molar-refractivity contribution in [3.05, 3.63) is 66.4 Å². The van der Waals surface area contributed by atoms with E-state index in [1.54, 1.807) is 0 Å². The van der Waals surface area contributed by atoms with Gasteiger partial charge in [0, 0.05) is 18.1 Å². The van der Waals surface area contributed by atoms with Crippen LogP contribution in [0, 0.1) is 0 Å². The van der Waals surface area contributed by atoms with E-state index < -0.39 is 0 Å². The predicted octanol–water partition coefficient (Wildman–Crippen LogP) is 4.14. The maximum absolute atomic E-state index is 12.1. The van der Waals surface area contributed by atoms with Gasteiger partial charge in [0.25, 0.3) is 0 Å². The Bertz CT molecular complexity index is 824. The van der Waals surface area contributed by atoms with Crippen LogP contribution in [0.5, 0.6) is 5.75 Å². The molecule has 0 aliphatic heterocycles. The van der Waals surface area contributed by atoms with Gasteiger partial charge in [0.15, 0.2) is 0 Å². The van der Waals surface area contributed by atoms with Crippen molar-refractivity contribution in [3.8, 4) is 5.75 Å². The first-order valence-corrected chi connectivity index (χ1v) is 8.79. The Morgan fingerprint density at radius 2 is 1.92 bits per heavy atom. The van der Waals surface area contributed by atoms with Gasteiger partial charge in [-0.2, -0.15) is 0 Å². The summed E-state index contributed by atoms with van der Waals surface area (Å²) in [6.45, 7) is 3.71. The summed E-state index contributed by atoms with van der Waals surface area (Å²) < 4.78 is 7.95. The van der Waals surface area contributed by atoms with Crippen LogP contribution in [-0.2, 0) is 17.9 Å². The Kier molecular flexibility index (Phi) is 5.73. The maximum atomic E-state index is 12.1. The number of nitrogens with one attached hydrogen (secondary N) is 1. The summed E-state index contributed by atoms with van der Waals surface area (Å²) in [6, 6.07) is 18.1. The van der Waals surface area contributed by atoms with Crippen LogP contribution in [0.2, 0.25) is 0 Å². The number of carbonyl (C=O) groups excluding carboxylic acids is 1. The molecule has 4 heteroatoms. The van der Waals surface area contributed by atoms with Gasteiger partial charge >= 0.3 is 0 Å². The van der Waals surface area contributed by atoms with Crippen molar-refractivity contribution in [1.29, 1.82) is 0 Å². The third kappa shape index (κ3) is 4.41. The van der Waals surface area contributed by atoms with Crippen molar-refractivity contribution in [3.63, 3.8) is 0 Å². The molecule has 0 aliphatic rings. The molecule has 130 valence electrons. The number of ether oxygens (including phenoxy) is 1. The number of amides is 1. The van der Waals surface area contributed by atoms with Crippen LogP contribution in [0.1, 0.15) is 25.3 Å². The van der Waals surface area contributed by atoms with E-state index in [1.807, 2.05) is 65.4 Å². The van der Waals surface area contributed by atoms with E-state index in [0.717, 1.165) is 41.6 Å². The molecule has 25 heavy (non-hydrogen) atoms. The second-order valence-corrected chi connectivity index (χ2v) is 6.11. The van der Waals surface area contributed by atoms with E-state index in [2.05, 4.69) is 12.2 Å². The number of nitrogens with zero attached hydrogens (tertiary/aromatic N) is 1. The summed E-state index contributed by atoms with van der Waals surface area (Å²) in [6.07, 6.45) is 4.03. The quantitative estimate of drug-likeness (QED) is 0.628. The molecule has 3 aromatic rings. The summed E-state index contributed by atoms with van der Waals surface area (Å²) in [5.41, 5.74) is 2.14. The van der Waals surface area contributed by atoms with Gasteiger partial charge in [0.05, 0.1) is 5.52 Å². The van der Waals surface area contributed by atoms with E-state index in [-0.39, 0.29) is 5.91 Å². The summed E-state index contributed by atoms with van der Waals surface area (Å²) in [5.74, 6) is 0.882. The Labute approximate surface area is 148 Å². The number of carbonyl (C=O) groups is 1. The summed E-state index contributed by atoms with van der Waals surface area (Å²) in [5, 5.41) is 3.98. The summed E-state index contributed by atoms with van der Waals surface area (Å²) in [7, 11) is 0. The van der Waals surface area contributed by atoms with Crippen molar-refractivity contribution in [2.75, 3.05) is 6.54 Å². The summed E-state index contributed by atoms with van der Waals surface area (Å²) >= 11 is 0. The van der Waals surface area contributed by atoms with Gasteiger partial charge in [-0.15, -0.1) is 0 Å². The molecule has 0 saturated heterocycles. The first kappa shape index (κ1) is 17.1. The second kappa shape index (κ2) is 8.38. The lowest BCUT2D eigenvalue weighted by atomic mass is 10.2. The molecule has 0 atom stereocenters. The maximum Gasteiger partial charge on any atom is 0.239 e. The Balaban J connectivity index is 1.70.